The molecule has 12 heteroatoms. The highest BCUT2D eigenvalue weighted by molar-refractivity contribution is 6.15. The van der Waals surface area contributed by atoms with E-state index in [0.717, 1.165) is 0 Å². The molecule has 2 saturated carbocycles. The van der Waals surface area contributed by atoms with Crippen LogP contribution in [-0.2, 0) is 19.1 Å². The summed E-state index contributed by atoms with van der Waals surface area (Å²) in [5, 5.41) is 41.1. The van der Waals surface area contributed by atoms with Crippen molar-refractivity contribution < 1.29 is 48.8 Å². The summed E-state index contributed by atoms with van der Waals surface area (Å²) in [4.78, 5) is 67.7. The summed E-state index contributed by atoms with van der Waals surface area (Å²) < 4.78 is 11.4. The van der Waals surface area contributed by atoms with Crippen LogP contribution in [0.2, 0.25) is 0 Å². The Labute approximate surface area is 318 Å². The molecule has 4 aliphatic carbocycles. The van der Waals surface area contributed by atoms with Crippen LogP contribution in [0, 0.1) is 34.5 Å². The predicted octanol–water partition coefficient (Wildman–Crippen LogP) is 5.46. The number of aliphatic hydroxyl groups excluding tert-OH is 1. The van der Waals surface area contributed by atoms with Gasteiger partial charge >= 0.3 is 11.9 Å². The lowest BCUT2D eigenvalue weighted by atomic mass is 9.59. The number of aromatic hydroxyl groups is 1. The van der Waals surface area contributed by atoms with Crippen LogP contribution in [0.1, 0.15) is 72.1 Å². The summed E-state index contributed by atoms with van der Waals surface area (Å²) in [7, 11) is 0. The number of amides is 2. The summed E-state index contributed by atoms with van der Waals surface area (Å²) >= 11 is 0. The number of rotatable bonds is 8. The molecule has 0 heterocycles. The number of hydrogen-bond donors (Lipinski definition) is 5. The summed E-state index contributed by atoms with van der Waals surface area (Å²) in [6.45, 7) is 8.56. The van der Waals surface area contributed by atoms with Crippen molar-refractivity contribution in [3.05, 3.63) is 113 Å². The van der Waals surface area contributed by atoms with Crippen molar-refractivity contribution in [2.75, 3.05) is 17.2 Å². The molecular weight excluding hydrogens is 704 g/mol. The minimum atomic E-state index is -2.38. The third-order valence-corrected chi connectivity index (χ3v) is 12.3. The van der Waals surface area contributed by atoms with E-state index in [1.54, 1.807) is 61.5 Å². The number of para-hydroxylation sites is 2. The van der Waals surface area contributed by atoms with E-state index in [1.807, 2.05) is 6.92 Å². The number of esters is 2. The normalized spacial score (nSPS) is 29.9. The average molecular weight is 749 g/mol. The molecule has 0 unspecified atom stereocenters. The Hall–Kier alpha value is -5.59. The third kappa shape index (κ3) is 5.95. The molecule has 0 aliphatic heterocycles. The quantitative estimate of drug-likeness (QED) is 0.112. The lowest BCUT2D eigenvalue weighted by molar-refractivity contribution is -0.191. The molecule has 3 aromatic carbocycles. The Morgan fingerprint density at radius 2 is 1.58 bits per heavy atom. The van der Waals surface area contributed by atoms with Crippen LogP contribution in [0.4, 0.5) is 11.4 Å². The molecule has 2 amide bonds. The summed E-state index contributed by atoms with van der Waals surface area (Å²) in [6, 6.07) is 18.4. The largest absolute Gasteiger partial charge is 0.506 e. The fourth-order valence-electron chi connectivity index (χ4n) is 9.53. The Bertz CT molecular complexity index is 2180. The zero-order valence-electron chi connectivity index (χ0n) is 31.2. The van der Waals surface area contributed by atoms with Crippen molar-refractivity contribution >= 4 is 40.9 Å². The number of carbonyl (C=O) groups excluding carboxylic acids is 5. The van der Waals surface area contributed by atoms with E-state index in [9.17, 15) is 39.3 Å². The fraction of sp³-hybridized carbons (Fsp3) is 0.372. The third-order valence-electron chi connectivity index (χ3n) is 12.3. The highest BCUT2D eigenvalue weighted by Gasteiger charge is 2.76. The van der Waals surface area contributed by atoms with Gasteiger partial charge in [0.15, 0.2) is 17.5 Å². The number of ketones is 1. The number of phenols is 1. The molecule has 2 bridgehead atoms. The molecule has 5 N–H and O–H groups in total. The van der Waals surface area contributed by atoms with Crippen molar-refractivity contribution in [3.63, 3.8) is 0 Å². The Kier molecular flexibility index (Phi) is 9.33. The van der Waals surface area contributed by atoms with Gasteiger partial charge in [-0.05, 0) is 84.1 Å². The monoisotopic (exact) mass is 748 g/mol. The second kappa shape index (κ2) is 13.6. The number of Topliss-reactive ketones (excluding diaryl/α,β-unsaturated/α-hetero) is 1. The SMILES string of the molecule is CC(=O)OCC1=C[C@@H]2C(=O)[C@]3(C=C(C)[C@H](OC(=O)c4ccccc4NC(=O)c4cccc(O)c4NC(=O)c4ccccc4)[C@@]3(O)[C@@H]1O)[C@H](C)C[C@@H]1[C@H]2C1(C)C. The maximum atomic E-state index is 14.9. The van der Waals surface area contributed by atoms with E-state index in [0.29, 0.717) is 17.6 Å². The number of phenolic OH excluding ortho intramolecular Hbond substituents is 1. The van der Waals surface area contributed by atoms with Crippen LogP contribution >= 0.6 is 0 Å². The Morgan fingerprint density at radius 3 is 2.29 bits per heavy atom. The summed E-state index contributed by atoms with van der Waals surface area (Å²) in [6.07, 6.45) is 0.597. The van der Waals surface area contributed by atoms with E-state index in [-0.39, 0.29) is 63.5 Å². The number of hydrogen-bond acceptors (Lipinski definition) is 10. The lowest BCUT2D eigenvalue weighted by Gasteiger charge is -2.48. The molecular formula is C43H44N2O10. The smallest absolute Gasteiger partial charge is 0.340 e. The van der Waals surface area contributed by atoms with Crippen molar-refractivity contribution in [2.24, 2.45) is 34.5 Å². The topological polar surface area (TPSA) is 189 Å². The Morgan fingerprint density at radius 1 is 0.909 bits per heavy atom. The molecule has 8 atom stereocenters. The maximum Gasteiger partial charge on any atom is 0.340 e. The first-order valence-corrected chi connectivity index (χ1v) is 18.3. The van der Waals surface area contributed by atoms with Crippen LogP contribution in [0.15, 0.2) is 96.1 Å². The molecule has 4 aliphatic rings. The minimum Gasteiger partial charge on any atom is -0.506 e. The van der Waals surface area contributed by atoms with E-state index in [1.165, 1.54) is 37.3 Å². The summed E-state index contributed by atoms with van der Waals surface area (Å²) in [5.74, 6) is -4.60. The van der Waals surface area contributed by atoms with Gasteiger partial charge in [0.1, 0.15) is 18.5 Å². The van der Waals surface area contributed by atoms with E-state index in [2.05, 4.69) is 24.5 Å². The second-order valence-electron chi connectivity index (χ2n) is 15.8. The predicted molar refractivity (Wildman–Crippen MR) is 201 cm³/mol. The number of nitrogens with one attached hydrogen (secondary N) is 2. The van der Waals surface area contributed by atoms with Crippen LogP contribution in [0.25, 0.3) is 0 Å². The minimum absolute atomic E-state index is 0.0145. The zero-order chi connectivity index (χ0) is 39.6. The molecule has 0 radical (unpaired) electrons. The molecule has 2 fully saturated rings. The van der Waals surface area contributed by atoms with Gasteiger partial charge in [-0.25, -0.2) is 4.79 Å². The van der Waals surface area contributed by atoms with Gasteiger partial charge in [-0.15, -0.1) is 0 Å². The van der Waals surface area contributed by atoms with Crippen LogP contribution in [0.5, 0.6) is 5.75 Å². The van der Waals surface area contributed by atoms with Crippen molar-refractivity contribution in [1.29, 1.82) is 0 Å². The van der Waals surface area contributed by atoms with Crippen molar-refractivity contribution in [2.45, 2.75) is 58.8 Å². The molecule has 0 saturated heterocycles. The van der Waals surface area contributed by atoms with E-state index < -0.39 is 58.8 Å². The molecule has 7 rings (SSSR count). The standard InChI is InChI=1S/C43H44N2O10/c1-22-20-42-23(2)18-30-33(41(30,4)5)29(36(42)49)19-26(21-54-24(3)46)35(48)43(42,53)37(22)55-40(52)27-14-9-10-16-31(27)44-39(51)28-15-11-17-32(47)34(28)45-38(50)25-12-7-6-8-13-25/h6-17,19-20,23,29-30,33,35,37,47-48,53H,18,21H2,1-5H3,(H,44,51)(H,45,50)/t23-,29+,30-,33+,35-,37+,42+,43+/m1/s1. The number of ether oxygens (including phenoxy) is 2. The number of fused-ring (bicyclic) bond motifs is 3. The molecule has 1 spiro atoms. The molecule has 0 aromatic heterocycles. The van der Waals surface area contributed by atoms with Crippen molar-refractivity contribution in [1.82, 2.24) is 0 Å². The average Bonchev–Trinajstić information content (AvgIpc) is 3.64. The van der Waals surface area contributed by atoms with E-state index >= 15 is 0 Å². The Balaban J connectivity index is 1.20. The van der Waals surface area contributed by atoms with Gasteiger partial charge in [0.2, 0.25) is 0 Å². The zero-order valence-corrected chi connectivity index (χ0v) is 31.2. The van der Waals surface area contributed by atoms with Crippen LogP contribution in [0.3, 0.4) is 0 Å². The van der Waals surface area contributed by atoms with Gasteiger partial charge in [0, 0.05) is 18.4 Å². The number of carbonyl (C=O) groups is 5. The number of allylic oxidation sites excluding steroid dienone is 1. The van der Waals surface area contributed by atoms with Crippen LogP contribution < -0.4 is 10.6 Å². The van der Waals surface area contributed by atoms with Gasteiger partial charge in [0.05, 0.1) is 27.9 Å². The molecule has 55 heavy (non-hydrogen) atoms. The fourth-order valence-corrected chi connectivity index (χ4v) is 9.53. The van der Waals surface area contributed by atoms with Gasteiger partial charge in [0.25, 0.3) is 11.8 Å². The number of anilines is 2. The second-order valence-corrected chi connectivity index (χ2v) is 15.8. The highest BCUT2D eigenvalue weighted by Crippen LogP contribution is 2.71. The van der Waals surface area contributed by atoms with Crippen molar-refractivity contribution in [3.8, 4) is 5.75 Å². The van der Waals surface area contributed by atoms with Crippen LogP contribution in [-0.4, -0.2) is 69.3 Å². The first kappa shape index (κ1) is 37.7. The first-order valence-electron chi connectivity index (χ1n) is 18.3. The molecule has 3 aromatic rings. The van der Waals surface area contributed by atoms with E-state index in [4.69, 9.17) is 9.47 Å². The molecule has 12 nitrogen and oxygen atoms in total. The maximum absolute atomic E-state index is 14.9. The summed E-state index contributed by atoms with van der Waals surface area (Å²) in [5.41, 5.74) is -3.72. The van der Waals surface area contributed by atoms with Gasteiger partial charge in [-0.3, -0.25) is 19.2 Å². The highest BCUT2D eigenvalue weighted by atomic mass is 16.6. The molecule has 286 valence electrons. The van der Waals surface area contributed by atoms with Gasteiger partial charge in [-0.2, -0.15) is 0 Å². The van der Waals surface area contributed by atoms with Gasteiger partial charge in [-0.1, -0.05) is 69.3 Å². The number of benzene rings is 3. The van der Waals surface area contributed by atoms with Gasteiger partial charge < -0.3 is 35.4 Å². The number of aliphatic hydroxyl groups is 2. The lowest BCUT2D eigenvalue weighted by Crippen LogP contribution is -2.65. The first-order chi connectivity index (χ1) is 26.0.